The molecule has 0 unspecified atom stereocenters. The van der Waals surface area contributed by atoms with Crippen molar-refractivity contribution >= 4 is 11.9 Å². The number of carbonyl (C=O) groups excluding carboxylic acids is 1. The Balaban J connectivity index is 2.21. The standard InChI is InChI=1S/C15H19NO3/c1-10-3-5-16(6-4-10)14(17)12-7-11(2)8-13(9-12)15(18)19/h7-10H,3-6H2,1-2H3,(H,18,19). The van der Waals surface area contributed by atoms with Crippen LogP contribution < -0.4 is 0 Å². The molecule has 1 aliphatic rings. The zero-order valence-corrected chi connectivity index (χ0v) is 11.3. The fourth-order valence-corrected chi connectivity index (χ4v) is 2.42. The van der Waals surface area contributed by atoms with E-state index in [-0.39, 0.29) is 11.5 Å². The first-order valence-electron chi connectivity index (χ1n) is 6.61. The number of nitrogens with zero attached hydrogens (tertiary/aromatic N) is 1. The predicted octanol–water partition coefficient (Wildman–Crippen LogP) is 2.57. The third-order valence-electron chi connectivity index (χ3n) is 3.64. The Morgan fingerprint density at radius 3 is 2.32 bits per heavy atom. The van der Waals surface area contributed by atoms with Crippen molar-refractivity contribution in [3.8, 4) is 0 Å². The van der Waals surface area contributed by atoms with Gasteiger partial charge in [-0.15, -0.1) is 0 Å². The lowest BCUT2D eigenvalue weighted by molar-refractivity contribution is 0.0696. The number of carboxylic acid groups (broad SMARTS) is 1. The van der Waals surface area contributed by atoms with Crippen molar-refractivity contribution in [2.45, 2.75) is 26.7 Å². The summed E-state index contributed by atoms with van der Waals surface area (Å²) in [7, 11) is 0. The second kappa shape index (κ2) is 5.43. The lowest BCUT2D eigenvalue weighted by Gasteiger charge is -2.30. The molecule has 0 spiro atoms. The normalized spacial score (nSPS) is 16.4. The highest BCUT2D eigenvalue weighted by Gasteiger charge is 2.22. The molecule has 4 nitrogen and oxygen atoms in total. The van der Waals surface area contributed by atoms with Crippen molar-refractivity contribution in [3.05, 3.63) is 34.9 Å². The number of likely N-dealkylation sites (tertiary alicyclic amines) is 1. The van der Waals surface area contributed by atoms with Gasteiger partial charge in [-0.1, -0.05) is 6.92 Å². The molecule has 1 N–H and O–H groups in total. The Kier molecular flexibility index (Phi) is 3.88. The van der Waals surface area contributed by atoms with Gasteiger partial charge in [-0.3, -0.25) is 4.79 Å². The van der Waals surface area contributed by atoms with Crippen molar-refractivity contribution in [1.29, 1.82) is 0 Å². The first-order chi connectivity index (χ1) is 8.97. The summed E-state index contributed by atoms with van der Waals surface area (Å²) in [4.78, 5) is 25.2. The number of benzene rings is 1. The van der Waals surface area contributed by atoms with Crippen LogP contribution in [0.5, 0.6) is 0 Å². The van der Waals surface area contributed by atoms with E-state index in [1.807, 2.05) is 11.8 Å². The minimum absolute atomic E-state index is 0.0573. The summed E-state index contributed by atoms with van der Waals surface area (Å²) >= 11 is 0. The first-order valence-corrected chi connectivity index (χ1v) is 6.61. The molecule has 102 valence electrons. The second-order valence-corrected chi connectivity index (χ2v) is 5.37. The molecule has 0 radical (unpaired) electrons. The number of carbonyl (C=O) groups is 2. The quantitative estimate of drug-likeness (QED) is 0.890. The summed E-state index contributed by atoms with van der Waals surface area (Å²) in [5.74, 6) is -0.390. The average molecular weight is 261 g/mol. The Morgan fingerprint density at radius 1 is 1.16 bits per heavy atom. The smallest absolute Gasteiger partial charge is 0.335 e. The molecule has 0 saturated carbocycles. The van der Waals surface area contributed by atoms with Gasteiger partial charge in [0.05, 0.1) is 5.56 Å². The molecule has 0 atom stereocenters. The molecular weight excluding hydrogens is 242 g/mol. The monoisotopic (exact) mass is 261 g/mol. The summed E-state index contributed by atoms with van der Waals surface area (Å²) in [6.45, 7) is 5.52. The van der Waals surface area contributed by atoms with Gasteiger partial charge in [0, 0.05) is 18.7 Å². The highest BCUT2D eigenvalue weighted by molar-refractivity contribution is 5.97. The number of carboxylic acids is 1. The minimum Gasteiger partial charge on any atom is -0.478 e. The molecular formula is C15H19NO3. The Morgan fingerprint density at radius 2 is 1.74 bits per heavy atom. The van der Waals surface area contributed by atoms with Crippen LogP contribution in [0.1, 0.15) is 46.0 Å². The number of hydrogen-bond acceptors (Lipinski definition) is 2. The molecule has 1 aromatic carbocycles. The van der Waals surface area contributed by atoms with E-state index < -0.39 is 5.97 Å². The van der Waals surface area contributed by atoms with Gasteiger partial charge in [0.2, 0.25) is 0 Å². The Bertz CT molecular complexity index is 502. The van der Waals surface area contributed by atoms with Gasteiger partial charge in [0.1, 0.15) is 0 Å². The minimum atomic E-state index is -0.995. The van der Waals surface area contributed by atoms with Gasteiger partial charge in [0.15, 0.2) is 0 Å². The molecule has 1 aromatic rings. The summed E-state index contributed by atoms with van der Waals surface area (Å²) in [5.41, 5.74) is 1.45. The van der Waals surface area contributed by atoms with E-state index in [1.165, 1.54) is 6.07 Å². The summed E-state index contributed by atoms with van der Waals surface area (Å²) in [5, 5.41) is 9.04. The Labute approximate surface area is 113 Å². The number of amides is 1. The van der Waals surface area contributed by atoms with E-state index in [2.05, 4.69) is 6.92 Å². The van der Waals surface area contributed by atoms with Crippen molar-refractivity contribution in [1.82, 2.24) is 4.90 Å². The third-order valence-corrected chi connectivity index (χ3v) is 3.64. The Hall–Kier alpha value is -1.84. The molecule has 0 aliphatic carbocycles. The van der Waals surface area contributed by atoms with Gasteiger partial charge in [-0.2, -0.15) is 0 Å². The van der Waals surface area contributed by atoms with E-state index in [9.17, 15) is 9.59 Å². The number of aromatic carboxylic acids is 1. The van der Waals surface area contributed by atoms with E-state index in [1.54, 1.807) is 12.1 Å². The van der Waals surface area contributed by atoms with Crippen molar-refractivity contribution in [2.24, 2.45) is 5.92 Å². The molecule has 0 bridgehead atoms. The molecule has 0 aromatic heterocycles. The molecule has 4 heteroatoms. The van der Waals surface area contributed by atoms with E-state index >= 15 is 0 Å². The summed E-state index contributed by atoms with van der Waals surface area (Å²) in [6.07, 6.45) is 2.03. The lowest BCUT2D eigenvalue weighted by atomic mass is 9.98. The molecule has 2 rings (SSSR count). The fourth-order valence-electron chi connectivity index (χ4n) is 2.42. The van der Waals surface area contributed by atoms with Crippen LogP contribution in [0, 0.1) is 12.8 Å². The van der Waals surface area contributed by atoms with Gasteiger partial charge in [-0.05, 0) is 49.4 Å². The molecule has 19 heavy (non-hydrogen) atoms. The fraction of sp³-hybridized carbons (Fsp3) is 0.467. The van der Waals surface area contributed by atoms with Crippen LogP contribution in [-0.2, 0) is 0 Å². The van der Waals surface area contributed by atoms with E-state index in [0.717, 1.165) is 31.5 Å². The van der Waals surface area contributed by atoms with Gasteiger partial charge in [0.25, 0.3) is 5.91 Å². The average Bonchev–Trinajstić information content (AvgIpc) is 2.38. The molecule has 1 aliphatic heterocycles. The van der Waals surface area contributed by atoms with Crippen LogP contribution in [0.25, 0.3) is 0 Å². The van der Waals surface area contributed by atoms with Gasteiger partial charge in [-0.25, -0.2) is 4.79 Å². The second-order valence-electron chi connectivity index (χ2n) is 5.37. The summed E-state index contributed by atoms with van der Waals surface area (Å²) < 4.78 is 0. The highest BCUT2D eigenvalue weighted by Crippen LogP contribution is 2.19. The van der Waals surface area contributed by atoms with Crippen LogP contribution in [0.15, 0.2) is 18.2 Å². The van der Waals surface area contributed by atoms with Crippen LogP contribution in [0.2, 0.25) is 0 Å². The van der Waals surface area contributed by atoms with Crippen molar-refractivity contribution in [2.75, 3.05) is 13.1 Å². The van der Waals surface area contributed by atoms with E-state index in [4.69, 9.17) is 5.11 Å². The van der Waals surface area contributed by atoms with Gasteiger partial charge >= 0.3 is 5.97 Å². The number of hydrogen-bond donors (Lipinski definition) is 1. The highest BCUT2D eigenvalue weighted by atomic mass is 16.4. The number of piperidine rings is 1. The first kappa shape index (κ1) is 13.6. The van der Waals surface area contributed by atoms with Gasteiger partial charge < -0.3 is 10.0 Å². The van der Waals surface area contributed by atoms with E-state index in [0.29, 0.717) is 11.5 Å². The lowest BCUT2D eigenvalue weighted by Crippen LogP contribution is -2.38. The SMILES string of the molecule is Cc1cc(C(=O)O)cc(C(=O)N2CCC(C)CC2)c1. The molecule has 1 heterocycles. The maximum absolute atomic E-state index is 12.4. The zero-order chi connectivity index (χ0) is 14.0. The topological polar surface area (TPSA) is 57.6 Å². The largest absolute Gasteiger partial charge is 0.478 e. The maximum atomic E-state index is 12.4. The van der Waals surface area contributed by atoms with Crippen molar-refractivity contribution in [3.63, 3.8) is 0 Å². The molecule has 1 saturated heterocycles. The number of rotatable bonds is 2. The number of aryl methyl sites for hydroxylation is 1. The van der Waals surface area contributed by atoms with Crippen LogP contribution in [0.3, 0.4) is 0 Å². The molecule has 1 fully saturated rings. The third kappa shape index (κ3) is 3.13. The van der Waals surface area contributed by atoms with Crippen LogP contribution >= 0.6 is 0 Å². The zero-order valence-electron chi connectivity index (χ0n) is 11.3. The van der Waals surface area contributed by atoms with Crippen molar-refractivity contribution < 1.29 is 14.7 Å². The molecule has 1 amide bonds. The van der Waals surface area contributed by atoms with Crippen LogP contribution in [0.4, 0.5) is 0 Å². The van der Waals surface area contributed by atoms with Crippen LogP contribution in [-0.4, -0.2) is 35.0 Å². The summed E-state index contributed by atoms with van der Waals surface area (Å²) in [6, 6.07) is 4.81. The maximum Gasteiger partial charge on any atom is 0.335 e. The predicted molar refractivity (Wildman–Crippen MR) is 72.4 cm³/mol.